The summed E-state index contributed by atoms with van der Waals surface area (Å²) in [6.45, 7) is 1.51. The summed E-state index contributed by atoms with van der Waals surface area (Å²) in [6.07, 6.45) is -3.61. The second-order valence-corrected chi connectivity index (χ2v) is 4.16. The lowest BCUT2D eigenvalue weighted by molar-refractivity contribution is -0.137. The van der Waals surface area contributed by atoms with Crippen LogP contribution in [0.2, 0.25) is 0 Å². The van der Waals surface area contributed by atoms with Gasteiger partial charge in [-0.05, 0) is 12.5 Å². The van der Waals surface area contributed by atoms with Gasteiger partial charge in [0.2, 0.25) is 5.88 Å². The van der Waals surface area contributed by atoms with Crippen molar-refractivity contribution in [1.82, 2.24) is 4.98 Å². The summed E-state index contributed by atoms with van der Waals surface area (Å²) in [5.41, 5.74) is 4.47. The molecule has 0 aliphatic carbocycles. The molecule has 1 aliphatic rings. The molecule has 0 spiro atoms. The van der Waals surface area contributed by atoms with Crippen LogP contribution in [0.1, 0.15) is 12.0 Å². The SMILES string of the molecule is Nc1cc(C(F)(F)F)cc(OCC2CCOC2)n1. The molecule has 1 aliphatic heterocycles. The fourth-order valence-electron chi connectivity index (χ4n) is 1.68. The third-order valence-corrected chi connectivity index (χ3v) is 2.64. The number of alkyl halides is 3. The van der Waals surface area contributed by atoms with E-state index in [1.165, 1.54) is 0 Å². The standard InChI is InChI=1S/C11H13F3N2O2/c12-11(13,14)8-3-9(15)16-10(4-8)18-6-7-1-2-17-5-7/h3-4,7H,1-2,5-6H2,(H2,15,16). The van der Waals surface area contributed by atoms with Crippen molar-refractivity contribution < 1.29 is 22.6 Å². The maximum atomic E-state index is 12.5. The molecule has 1 aromatic rings. The van der Waals surface area contributed by atoms with E-state index < -0.39 is 11.7 Å². The van der Waals surface area contributed by atoms with Crippen LogP contribution in [0.3, 0.4) is 0 Å². The third-order valence-electron chi connectivity index (χ3n) is 2.64. The van der Waals surface area contributed by atoms with Gasteiger partial charge < -0.3 is 15.2 Å². The highest BCUT2D eigenvalue weighted by Gasteiger charge is 2.31. The number of nitrogens with two attached hydrogens (primary N) is 1. The molecule has 4 nitrogen and oxygen atoms in total. The van der Waals surface area contributed by atoms with E-state index in [1.807, 2.05) is 0 Å². The molecule has 0 bridgehead atoms. The van der Waals surface area contributed by atoms with E-state index in [2.05, 4.69) is 4.98 Å². The van der Waals surface area contributed by atoms with Gasteiger partial charge in [0.05, 0.1) is 18.8 Å². The van der Waals surface area contributed by atoms with Gasteiger partial charge in [0.15, 0.2) is 0 Å². The number of hydrogen-bond acceptors (Lipinski definition) is 4. The van der Waals surface area contributed by atoms with Crippen LogP contribution in [0.15, 0.2) is 12.1 Å². The van der Waals surface area contributed by atoms with Crippen molar-refractivity contribution in [2.45, 2.75) is 12.6 Å². The van der Waals surface area contributed by atoms with Crippen molar-refractivity contribution in [2.75, 3.05) is 25.6 Å². The highest BCUT2D eigenvalue weighted by Crippen LogP contribution is 2.32. The monoisotopic (exact) mass is 262 g/mol. The molecular formula is C11H13F3N2O2. The number of nitrogen functional groups attached to an aromatic ring is 1. The summed E-state index contributed by atoms with van der Waals surface area (Å²) in [6, 6.07) is 1.64. The van der Waals surface area contributed by atoms with Gasteiger partial charge in [0.25, 0.3) is 0 Å². The molecule has 1 atom stereocenters. The molecular weight excluding hydrogens is 249 g/mol. The highest BCUT2D eigenvalue weighted by molar-refractivity contribution is 5.38. The topological polar surface area (TPSA) is 57.4 Å². The number of nitrogens with zero attached hydrogens (tertiary/aromatic N) is 1. The second kappa shape index (κ2) is 5.01. The zero-order valence-corrected chi connectivity index (χ0v) is 9.54. The van der Waals surface area contributed by atoms with Crippen LogP contribution in [0.4, 0.5) is 19.0 Å². The Morgan fingerprint density at radius 2 is 2.22 bits per heavy atom. The highest BCUT2D eigenvalue weighted by atomic mass is 19.4. The van der Waals surface area contributed by atoms with E-state index in [1.54, 1.807) is 0 Å². The van der Waals surface area contributed by atoms with Gasteiger partial charge in [-0.2, -0.15) is 18.2 Å². The summed E-state index contributed by atoms with van der Waals surface area (Å²) >= 11 is 0. The van der Waals surface area contributed by atoms with Crippen LogP contribution < -0.4 is 10.5 Å². The first-order chi connectivity index (χ1) is 8.45. The van der Waals surface area contributed by atoms with Gasteiger partial charge >= 0.3 is 6.18 Å². The van der Waals surface area contributed by atoms with Crippen LogP contribution in [-0.2, 0) is 10.9 Å². The van der Waals surface area contributed by atoms with Crippen LogP contribution >= 0.6 is 0 Å². The molecule has 7 heteroatoms. The average molecular weight is 262 g/mol. The molecule has 1 fully saturated rings. The zero-order valence-electron chi connectivity index (χ0n) is 9.54. The number of hydrogen-bond donors (Lipinski definition) is 1. The van der Waals surface area contributed by atoms with Crippen molar-refractivity contribution in [1.29, 1.82) is 0 Å². The van der Waals surface area contributed by atoms with Crippen LogP contribution in [0, 0.1) is 5.92 Å². The molecule has 0 amide bonds. The van der Waals surface area contributed by atoms with Crippen LogP contribution in [0.25, 0.3) is 0 Å². The van der Waals surface area contributed by atoms with Gasteiger partial charge in [-0.15, -0.1) is 0 Å². The number of pyridine rings is 1. The van der Waals surface area contributed by atoms with Gasteiger partial charge in [-0.25, -0.2) is 0 Å². The van der Waals surface area contributed by atoms with Gasteiger partial charge in [0, 0.05) is 18.6 Å². The molecule has 2 N–H and O–H groups in total. The van der Waals surface area contributed by atoms with Crippen molar-refractivity contribution in [3.05, 3.63) is 17.7 Å². The minimum Gasteiger partial charge on any atom is -0.477 e. The van der Waals surface area contributed by atoms with Crippen LogP contribution in [0.5, 0.6) is 5.88 Å². The lowest BCUT2D eigenvalue weighted by Crippen LogP contribution is -2.14. The van der Waals surface area contributed by atoms with Gasteiger partial charge in [-0.3, -0.25) is 0 Å². The van der Waals surface area contributed by atoms with Crippen molar-refractivity contribution in [3.63, 3.8) is 0 Å². The third kappa shape index (κ3) is 3.25. The van der Waals surface area contributed by atoms with E-state index in [-0.39, 0.29) is 24.2 Å². The van der Waals surface area contributed by atoms with E-state index in [4.69, 9.17) is 15.2 Å². The first kappa shape index (κ1) is 12.9. The minimum absolute atomic E-state index is 0.103. The summed E-state index contributed by atoms with van der Waals surface area (Å²) in [5.74, 6) is -0.112. The van der Waals surface area contributed by atoms with Gasteiger partial charge in [-0.1, -0.05) is 0 Å². The van der Waals surface area contributed by atoms with Crippen molar-refractivity contribution in [3.8, 4) is 5.88 Å². The first-order valence-corrected chi connectivity index (χ1v) is 5.50. The Morgan fingerprint density at radius 3 is 2.83 bits per heavy atom. The van der Waals surface area contributed by atoms with E-state index in [9.17, 15) is 13.2 Å². The number of anilines is 1. The lowest BCUT2D eigenvalue weighted by Gasteiger charge is -2.12. The molecule has 1 aromatic heterocycles. The van der Waals surface area contributed by atoms with Gasteiger partial charge in [0.1, 0.15) is 5.82 Å². The lowest BCUT2D eigenvalue weighted by atomic mass is 10.1. The molecule has 18 heavy (non-hydrogen) atoms. The molecule has 2 heterocycles. The molecule has 0 saturated carbocycles. The summed E-state index contributed by atoms with van der Waals surface area (Å²) in [7, 11) is 0. The van der Waals surface area contributed by atoms with E-state index >= 15 is 0 Å². The summed E-state index contributed by atoms with van der Waals surface area (Å²) in [5, 5.41) is 0. The normalized spacial score (nSPS) is 20.1. The number of ether oxygens (including phenoxy) is 2. The van der Waals surface area contributed by atoms with E-state index in [0.29, 0.717) is 13.2 Å². The number of halogens is 3. The maximum Gasteiger partial charge on any atom is 0.416 e. The Morgan fingerprint density at radius 1 is 1.44 bits per heavy atom. The molecule has 1 unspecified atom stereocenters. The predicted molar refractivity (Wildman–Crippen MR) is 58.1 cm³/mol. The molecule has 2 rings (SSSR count). The number of aromatic nitrogens is 1. The van der Waals surface area contributed by atoms with Crippen molar-refractivity contribution >= 4 is 5.82 Å². The first-order valence-electron chi connectivity index (χ1n) is 5.50. The molecule has 100 valence electrons. The average Bonchev–Trinajstić information content (AvgIpc) is 2.77. The molecule has 0 radical (unpaired) electrons. The Hall–Kier alpha value is -1.50. The maximum absolute atomic E-state index is 12.5. The Bertz CT molecular complexity index is 417. The minimum atomic E-state index is -4.45. The Kier molecular flexibility index (Phi) is 3.60. The molecule has 1 saturated heterocycles. The summed E-state index contributed by atoms with van der Waals surface area (Å²) < 4.78 is 48.0. The predicted octanol–water partition coefficient (Wildman–Crippen LogP) is 2.10. The second-order valence-electron chi connectivity index (χ2n) is 4.16. The smallest absolute Gasteiger partial charge is 0.416 e. The van der Waals surface area contributed by atoms with Crippen LogP contribution in [-0.4, -0.2) is 24.8 Å². The number of rotatable bonds is 3. The summed E-state index contributed by atoms with van der Waals surface area (Å²) in [4.78, 5) is 3.72. The largest absolute Gasteiger partial charge is 0.477 e. The quantitative estimate of drug-likeness (QED) is 0.906. The Labute approximate surface area is 102 Å². The zero-order chi connectivity index (χ0) is 13.2. The molecule has 0 aromatic carbocycles. The van der Waals surface area contributed by atoms with Crippen molar-refractivity contribution in [2.24, 2.45) is 5.92 Å². The fourth-order valence-corrected chi connectivity index (χ4v) is 1.68. The van der Waals surface area contributed by atoms with E-state index in [0.717, 1.165) is 18.6 Å². The fraction of sp³-hybridized carbons (Fsp3) is 0.545. The Balaban J connectivity index is 2.05.